The molecule has 7 heteroatoms. The number of carbonyl (C=O) groups is 2. The SMILES string of the molecule is Cc1nc(C2CC2)[nH]c(=O)c1C(=O)N1CCC(C(=O)O)C1. The number of H-pyrrole nitrogens is 1. The van der Waals surface area contributed by atoms with Gasteiger partial charge >= 0.3 is 5.97 Å². The van der Waals surface area contributed by atoms with Crippen molar-refractivity contribution in [3.05, 3.63) is 27.4 Å². The Balaban J connectivity index is 1.85. The van der Waals surface area contributed by atoms with Crippen molar-refractivity contribution in [1.82, 2.24) is 14.9 Å². The highest BCUT2D eigenvalue weighted by molar-refractivity contribution is 5.95. The van der Waals surface area contributed by atoms with Crippen LogP contribution in [0.25, 0.3) is 0 Å². The van der Waals surface area contributed by atoms with Crippen molar-refractivity contribution in [1.29, 1.82) is 0 Å². The van der Waals surface area contributed by atoms with Crippen LogP contribution in [0, 0.1) is 12.8 Å². The third kappa shape index (κ3) is 2.55. The summed E-state index contributed by atoms with van der Waals surface area (Å²) in [5, 5.41) is 8.98. The average Bonchev–Trinajstić information content (AvgIpc) is 3.14. The van der Waals surface area contributed by atoms with Crippen LogP contribution < -0.4 is 5.56 Å². The molecule has 1 aliphatic carbocycles. The number of nitrogens with one attached hydrogen (secondary N) is 1. The highest BCUT2D eigenvalue weighted by Gasteiger charge is 2.34. The first-order valence-electron chi connectivity index (χ1n) is 7.10. The second-order valence-electron chi connectivity index (χ2n) is 5.76. The van der Waals surface area contributed by atoms with E-state index in [0.29, 0.717) is 30.4 Å². The van der Waals surface area contributed by atoms with Crippen LogP contribution >= 0.6 is 0 Å². The number of carbonyl (C=O) groups excluding carboxylic acids is 1. The summed E-state index contributed by atoms with van der Waals surface area (Å²) >= 11 is 0. The van der Waals surface area contributed by atoms with Gasteiger partial charge < -0.3 is 15.0 Å². The number of aliphatic carboxylic acids is 1. The average molecular weight is 291 g/mol. The molecule has 7 nitrogen and oxygen atoms in total. The molecule has 1 aromatic rings. The standard InChI is InChI=1S/C14H17N3O4/c1-7-10(12(18)16-11(15-7)8-2-3-8)13(19)17-5-4-9(6-17)14(20)21/h8-9H,2-6H2,1H3,(H,20,21)(H,15,16,18). The van der Waals surface area contributed by atoms with Crippen LogP contribution in [-0.4, -0.2) is 44.9 Å². The Morgan fingerprint density at radius 1 is 1.33 bits per heavy atom. The normalized spacial score (nSPS) is 21.6. The third-order valence-electron chi connectivity index (χ3n) is 4.12. The Morgan fingerprint density at radius 2 is 2.05 bits per heavy atom. The lowest BCUT2D eigenvalue weighted by Crippen LogP contribution is -2.35. The Hall–Kier alpha value is -2.18. The summed E-state index contributed by atoms with van der Waals surface area (Å²) in [7, 11) is 0. The molecule has 3 rings (SSSR count). The largest absolute Gasteiger partial charge is 0.481 e. The fraction of sp³-hybridized carbons (Fsp3) is 0.571. The monoisotopic (exact) mass is 291 g/mol. The molecule has 0 bridgehead atoms. The van der Waals surface area contributed by atoms with E-state index in [1.54, 1.807) is 6.92 Å². The maximum Gasteiger partial charge on any atom is 0.308 e. The molecular weight excluding hydrogens is 274 g/mol. The summed E-state index contributed by atoms with van der Waals surface area (Å²) in [6.07, 6.45) is 2.45. The highest BCUT2D eigenvalue weighted by Crippen LogP contribution is 2.37. The number of hydrogen-bond donors (Lipinski definition) is 2. The van der Waals surface area contributed by atoms with E-state index >= 15 is 0 Å². The van der Waals surface area contributed by atoms with Gasteiger partial charge in [-0.15, -0.1) is 0 Å². The summed E-state index contributed by atoms with van der Waals surface area (Å²) in [5.74, 6) is -0.917. The lowest BCUT2D eigenvalue weighted by Gasteiger charge is -2.16. The van der Waals surface area contributed by atoms with Gasteiger partial charge in [0.25, 0.3) is 11.5 Å². The van der Waals surface area contributed by atoms with E-state index in [1.165, 1.54) is 4.90 Å². The predicted octanol–water partition coefficient (Wildman–Crippen LogP) is 0.502. The van der Waals surface area contributed by atoms with E-state index in [4.69, 9.17) is 5.11 Å². The topological polar surface area (TPSA) is 103 Å². The van der Waals surface area contributed by atoms with Crippen molar-refractivity contribution >= 4 is 11.9 Å². The lowest BCUT2D eigenvalue weighted by molar-refractivity contribution is -0.141. The van der Waals surface area contributed by atoms with E-state index in [2.05, 4.69) is 9.97 Å². The Morgan fingerprint density at radius 3 is 2.57 bits per heavy atom. The second-order valence-corrected chi connectivity index (χ2v) is 5.76. The van der Waals surface area contributed by atoms with Gasteiger partial charge in [0, 0.05) is 19.0 Å². The molecular formula is C14H17N3O4. The molecule has 0 aromatic carbocycles. The van der Waals surface area contributed by atoms with Gasteiger partial charge in [0.15, 0.2) is 0 Å². The maximum absolute atomic E-state index is 12.4. The minimum absolute atomic E-state index is 0.0328. The van der Waals surface area contributed by atoms with Gasteiger partial charge in [-0.2, -0.15) is 0 Å². The summed E-state index contributed by atoms with van der Waals surface area (Å²) in [6, 6.07) is 0. The van der Waals surface area contributed by atoms with Gasteiger partial charge in [0.1, 0.15) is 11.4 Å². The number of carboxylic acids is 1. The number of aromatic amines is 1. The molecule has 112 valence electrons. The molecule has 1 amide bonds. The highest BCUT2D eigenvalue weighted by atomic mass is 16.4. The van der Waals surface area contributed by atoms with Gasteiger partial charge in [-0.05, 0) is 26.2 Å². The van der Waals surface area contributed by atoms with Crippen molar-refractivity contribution in [3.8, 4) is 0 Å². The molecule has 2 fully saturated rings. The molecule has 1 saturated heterocycles. The first-order chi connectivity index (χ1) is 9.97. The van der Waals surface area contributed by atoms with Gasteiger partial charge in [-0.1, -0.05) is 0 Å². The van der Waals surface area contributed by atoms with Crippen molar-refractivity contribution in [3.63, 3.8) is 0 Å². The van der Waals surface area contributed by atoms with Crippen molar-refractivity contribution in [2.24, 2.45) is 5.92 Å². The maximum atomic E-state index is 12.4. The van der Waals surface area contributed by atoms with E-state index in [1.807, 2.05) is 0 Å². The van der Waals surface area contributed by atoms with Gasteiger partial charge in [-0.3, -0.25) is 14.4 Å². The first kappa shape index (κ1) is 13.8. The van der Waals surface area contributed by atoms with Crippen LogP contribution in [0.2, 0.25) is 0 Å². The summed E-state index contributed by atoms with van der Waals surface area (Å²) in [6.45, 7) is 2.16. The number of aryl methyl sites for hydroxylation is 1. The minimum Gasteiger partial charge on any atom is -0.481 e. The first-order valence-corrected chi connectivity index (χ1v) is 7.10. The van der Waals surface area contributed by atoms with E-state index in [9.17, 15) is 14.4 Å². The van der Waals surface area contributed by atoms with Crippen molar-refractivity contribution < 1.29 is 14.7 Å². The number of amides is 1. The van der Waals surface area contributed by atoms with Crippen LogP contribution in [0.15, 0.2) is 4.79 Å². The summed E-state index contributed by atoms with van der Waals surface area (Å²) in [4.78, 5) is 44.0. The molecule has 1 aliphatic heterocycles. The summed E-state index contributed by atoms with van der Waals surface area (Å²) < 4.78 is 0. The lowest BCUT2D eigenvalue weighted by atomic mass is 10.1. The molecule has 21 heavy (non-hydrogen) atoms. The quantitative estimate of drug-likeness (QED) is 0.844. The molecule has 2 aliphatic rings. The van der Waals surface area contributed by atoms with Crippen LogP contribution in [0.5, 0.6) is 0 Å². The van der Waals surface area contributed by atoms with Crippen LogP contribution in [0.1, 0.15) is 47.1 Å². The molecule has 1 unspecified atom stereocenters. The number of carboxylic acid groups (broad SMARTS) is 1. The zero-order valence-corrected chi connectivity index (χ0v) is 11.8. The number of nitrogens with zero attached hydrogens (tertiary/aromatic N) is 2. The fourth-order valence-electron chi connectivity index (χ4n) is 2.71. The van der Waals surface area contributed by atoms with Crippen LogP contribution in [0.4, 0.5) is 0 Å². The smallest absolute Gasteiger partial charge is 0.308 e. The van der Waals surface area contributed by atoms with Gasteiger partial charge in [0.2, 0.25) is 0 Å². The zero-order chi connectivity index (χ0) is 15.1. The number of hydrogen-bond acceptors (Lipinski definition) is 4. The molecule has 2 heterocycles. The second kappa shape index (κ2) is 4.98. The molecule has 2 N–H and O–H groups in total. The zero-order valence-electron chi connectivity index (χ0n) is 11.8. The van der Waals surface area contributed by atoms with Crippen LogP contribution in [0.3, 0.4) is 0 Å². The molecule has 0 spiro atoms. The molecule has 0 radical (unpaired) electrons. The predicted molar refractivity (Wildman–Crippen MR) is 73.2 cm³/mol. The van der Waals surface area contributed by atoms with Crippen molar-refractivity contribution in [2.45, 2.75) is 32.1 Å². The molecule has 1 aromatic heterocycles. The van der Waals surface area contributed by atoms with Gasteiger partial charge in [0.05, 0.1) is 11.6 Å². The summed E-state index contributed by atoms with van der Waals surface area (Å²) in [5.41, 5.74) is 0.0306. The molecule has 1 atom stereocenters. The Labute approximate surface area is 121 Å². The number of rotatable bonds is 3. The molecule has 1 saturated carbocycles. The Kier molecular flexibility index (Phi) is 3.27. The van der Waals surface area contributed by atoms with Crippen LogP contribution in [-0.2, 0) is 4.79 Å². The van der Waals surface area contributed by atoms with Crippen molar-refractivity contribution in [2.75, 3.05) is 13.1 Å². The number of aromatic nitrogens is 2. The van der Waals surface area contributed by atoms with E-state index in [-0.39, 0.29) is 12.1 Å². The Bertz CT molecular complexity index is 663. The van der Waals surface area contributed by atoms with E-state index in [0.717, 1.165) is 12.8 Å². The number of likely N-dealkylation sites (tertiary alicyclic amines) is 1. The third-order valence-corrected chi connectivity index (χ3v) is 4.12. The van der Waals surface area contributed by atoms with Gasteiger partial charge in [-0.25, -0.2) is 4.98 Å². The minimum atomic E-state index is -0.905. The van der Waals surface area contributed by atoms with E-state index < -0.39 is 23.4 Å². The fourth-order valence-corrected chi connectivity index (χ4v) is 2.71.